The van der Waals surface area contributed by atoms with E-state index in [1.807, 2.05) is 7.05 Å². The van der Waals surface area contributed by atoms with E-state index in [4.69, 9.17) is 4.74 Å². The lowest BCUT2D eigenvalue weighted by molar-refractivity contribution is 0.411. The predicted molar refractivity (Wildman–Crippen MR) is 69.4 cm³/mol. The van der Waals surface area contributed by atoms with E-state index in [0.717, 1.165) is 12.3 Å². The Morgan fingerprint density at radius 1 is 1.25 bits per heavy atom. The van der Waals surface area contributed by atoms with Gasteiger partial charge in [0, 0.05) is 0 Å². The summed E-state index contributed by atoms with van der Waals surface area (Å²) < 4.78 is 5.33. The molecule has 1 aromatic carbocycles. The number of aryl methyl sites for hydroxylation is 2. The van der Waals surface area contributed by atoms with Gasteiger partial charge in [0.25, 0.3) is 0 Å². The fourth-order valence-electron chi connectivity index (χ4n) is 2.08. The zero-order valence-electron chi connectivity index (χ0n) is 11.1. The average molecular weight is 221 g/mol. The second-order valence-electron chi connectivity index (χ2n) is 4.47. The first-order valence-electron chi connectivity index (χ1n) is 5.89. The first-order chi connectivity index (χ1) is 7.60. The zero-order chi connectivity index (χ0) is 12.1. The molecule has 1 atom stereocenters. The second-order valence-corrected chi connectivity index (χ2v) is 4.47. The molecule has 1 aromatic rings. The van der Waals surface area contributed by atoms with Crippen LogP contribution in [0.3, 0.4) is 0 Å². The lowest BCUT2D eigenvalue weighted by atomic mass is 9.92. The number of methoxy groups -OCH3 is 1. The zero-order valence-corrected chi connectivity index (χ0v) is 11.1. The van der Waals surface area contributed by atoms with E-state index in [1.165, 1.54) is 23.1 Å². The molecule has 0 radical (unpaired) electrons. The normalized spacial score (nSPS) is 12.6. The fraction of sp³-hybridized carbons (Fsp3) is 0.571. The molecule has 90 valence electrons. The van der Waals surface area contributed by atoms with Gasteiger partial charge >= 0.3 is 0 Å². The monoisotopic (exact) mass is 221 g/mol. The number of nitrogens with one attached hydrogen (secondary N) is 1. The highest BCUT2D eigenvalue weighted by Crippen LogP contribution is 2.28. The highest BCUT2D eigenvalue weighted by molar-refractivity contribution is 5.42. The molecule has 2 nitrogen and oxygen atoms in total. The Bertz CT molecular complexity index is 347. The van der Waals surface area contributed by atoms with E-state index in [1.54, 1.807) is 7.11 Å². The van der Waals surface area contributed by atoms with Crippen LogP contribution in [0.4, 0.5) is 0 Å². The minimum atomic E-state index is 0.594. The number of hydrogen-bond acceptors (Lipinski definition) is 2. The maximum absolute atomic E-state index is 5.33. The van der Waals surface area contributed by atoms with E-state index >= 15 is 0 Å². The molecule has 0 heterocycles. The average Bonchev–Trinajstić information content (AvgIpc) is 2.28. The van der Waals surface area contributed by atoms with Crippen molar-refractivity contribution in [3.05, 3.63) is 28.8 Å². The third kappa shape index (κ3) is 2.99. The van der Waals surface area contributed by atoms with Gasteiger partial charge in [-0.05, 0) is 62.5 Å². The number of rotatable bonds is 5. The van der Waals surface area contributed by atoms with Crippen LogP contribution in [-0.2, 0) is 0 Å². The molecule has 0 aliphatic heterocycles. The predicted octanol–water partition coefficient (Wildman–Crippen LogP) is 3.03. The fourth-order valence-corrected chi connectivity index (χ4v) is 2.08. The first-order valence-corrected chi connectivity index (χ1v) is 5.89. The smallest absolute Gasteiger partial charge is 0.122 e. The minimum Gasteiger partial charge on any atom is -0.496 e. The molecular formula is C14H23NO. The third-order valence-corrected chi connectivity index (χ3v) is 3.14. The minimum absolute atomic E-state index is 0.594. The SMILES string of the molecule is CNCCC(C)c1cc(C)c(OC)cc1C. The van der Waals surface area contributed by atoms with E-state index in [9.17, 15) is 0 Å². The van der Waals surface area contributed by atoms with Crippen LogP contribution in [0.25, 0.3) is 0 Å². The van der Waals surface area contributed by atoms with Gasteiger partial charge in [0.2, 0.25) is 0 Å². The van der Waals surface area contributed by atoms with Gasteiger partial charge in [-0.1, -0.05) is 13.0 Å². The Morgan fingerprint density at radius 2 is 1.94 bits per heavy atom. The summed E-state index contributed by atoms with van der Waals surface area (Å²) in [5.41, 5.74) is 3.99. The topological polar surface area (TPSA) is 21.3 Å². The van der Waals surface area contributed by atoms with Crippen molar-refractivity contribution in [2.45, 2.75) is 33.1 Å². The Kier molecular flexibility index (Phi) is 4.81. The van der Waals surface area contributed by atoms with Crippen LogP contribution < -0.4 is 10.1 Å². The molecule has 0 aliphatic rings. The van der Waals surface area contributed by atoms with Gasteiger partial charge in [0.05, 0.1) is 7.11 Å². The molecule has 1 N–H and O–H groups in total. The van der Waals surface area contributed by atoms with E-state index in [-0.39, 0.29) is 0 Å². The van der Waals surface area contributed by atoms with Crippen LogP contribution in [0.1, 0.15) is 36.0 Å². The van der Waals surface area contributed by atoms with Crippen molar-refractivity contribution in [1.82, 2.24) is 5.32 Å². The Morgan fingerprint density at radius 3 is 2.50 bits per heavy atom. The summed E-state index contributed by atoms with van der Waals surface area (Å²) in [5.74, 6) is 1.58. The lowest BCUT2D eigenvalue weighted by Gasteiger charge is -2.17. The summed E-state index contributed by atoms with van der Waals surface area (Å²) in [6, 6.07) is 4.40. The van der Waals surface area contributed by atoms with E-state index < -0.39 is 0 Å². The summed E-state index contributed by atoms with van der Waals surface area (Å²) >= 11 is 0. The van der Waals surface area contributed by atoms with Gasteiger partial charge < -0.3 is 10.1 Å². The molecular weight excluding hydrogens is 198 g/mol. The standard InChI is InChI=1S/C14H23NO/c1-10(6-7-15-4)13-8-12(3)14(16-5)9-11(13)2/h8-10,15H,6-7H2,1-5H3. The van der Waals surface area contributed by atoms with Gasteiger partial charge in [0.15, 0.2) is 0 Å². The Balaban J connectivity index is 2.92. The quantitative estimate of drug-likeness (QED) is 0.825. The van der Waals surface area contributed by atoms with Crippen molar-refractivity contribution in [2.75, 3.05) is 20.7 Å². The molecule has 0 bridgehead atoms. The molecule has 0 saturated heterocycles. The summed E-state index contributed by atoms with van der Waals surface area (Å²) in [7, 11) is 3.73. The van der Waals surface area contributed by atoms with E-state index in [2.05, 4.69) is 38.2 Å². The Labute approximate surface area is 99.0 Å². The molecule has 1 rings (SSSR count). The largest absolute Gasteiger partial charge is 0.496 e. The molecule has 0 amide bonds. The third-order valence-electron chi connectivity index (χ3n) is 3.14. The van der Waals surface area contributed by atoms with Gasteiger partial charge in [-0.25, -0.2) is 0 Å². The van der Waals surface area contributed by atoms with Gasteiger partial charge in [0.1, 0.15) is 5.75 Å². The lowest BCUT2D eigenvalue weighted by Crippen LogP contribution is -2.11. The summed E-state index contributed by atoms with van der Waals surface area (Å²) in [4.78, 5) is 0. The van der Waals surface area contributed by atoms with Crippen LogP contribution in [0, 0.1) is 13.8 Å². The number of hydrogen-bond donors (Lipinski definition) is 1. The van der Waals surface area contributed by atoms with Crippen LogP contribution in [0.5, 0.6) is 5.75 Å². The molecule has 0 aromatic heterocycles. The molecule has 2 heteroatoms. The van der Waals surface area contributed by atoms with Crippen molar-refractivity contribution in [2.24, 2.45) is 0 Å². The Hall–Kier alpha value is -1.02. The molecule has 0 spiro atoms. The first kappa shape index (κ1) is 13.0. The molecule has 1 unspecified atom stereocenters. The van der Waals surface area contributed by atoms with Gasteiger partial charge in [-0.2, -0.15) is 0 Å². The number of ether oxygens (including phenoxy) is 1. The van der Waals surface area contributed by atoms with Crippen molar-refractivity contribution < 1.29 is 4.74 Å². The maximum atomic E-state index is 5.33. The highest BCUT2D eigenvalue weighted by atomic mass is 16.5. The number of benzene rings is 1. The van der Waals surface area contributed by atoms with E-state index in [0.29, 0.717) is 5.92 Å². The van der Waals surface area contributed by atoms with Crippen LogP contribution in [-0.4, -0.2) is 20.7 Å². The second kappa shape index (κ2) is 5.90. The van der Waals surface area contributed by atoms with Crippen molar-refractivity contribution in [3.63, 3.8) is 0 Å². The molecule has 16 heavy (non-hydrogen) atoms. The van der Waals surface area contributed by atoms with Crippen LogP contribution in [0.2, 0.25) is 0 Å². The van der Waals surface area contributed by atoms with Crippen molar-refractivity contribution in [3.8, 4) is 5.75 Å². The molecule has 0 aliphatic carbocycles. The summed E-state index contributed by atoms with van der Waals surface area (Å²) in [5, 5.41) is 3.20. The maximum Gasteiger partial charge on any atom is 0.122 e. The van der Waals surface area contributed by atoms with Gasteiger partial charge in [-0.3, -0.25) is 0 Å². The summed E-state index contributed by atoms with van der Waals surface area (Å²) in [6.07, 6.45) is 1.17. The van der Waals surface area contributed by atoms with Crippen molar-refractivity contribution >= 4 is 0 Å². The molecule has 0 fully saturated rings. The van der Waals surface area contributed by atoms with Crippen LogP contribution in [0.15, 0.2) is 12.1 Å². The van der Waals surface area contributed by atoms with Crippen molar-refractivity contribution in [1.29, 1.82) is 0 Å². The van der Waals surface area contributed by atoms with Crippen LogP contribution >= 0.6 is 0 Å². The highest BCUT2D eigenvalue weighted by Gasteiger charge is 2.10. The van der Waals surface area contributed by atoms with Gasteiger partial charge in [-0.15, -0.1) is 0 Å². The molecule has 0 saturated carbocycles. The summed E-state index contributed by atoms with van der Waals surface area (Å²) in [6.45, 7) is 7.61.